The molecule has 8 nitrogen and oxygen atoms in total. The van der Waals surface area contributed by atoms with Crippen molar-refractivity contribution in [3.05, 3.63) is 81.9 Å². The third-order valence-electron chi connectivity index (χ3n) is 6.73. The molecule has 3 aromatic rings. The first-order valence-corrected chi connectivity index (χ1v) is 13.2. The van der Waals surface area contributed by atoms with E-state index >= 15 is 0 Å². The second-order valence-electron chi connectivity index (χ2n) is 9.47. The zero-order chi connectivity index (χ0) is 26.6. The van der Waals surface area contributed by atoms with Gasteiger partial charge in [-0.05, 0) is 73.4 Å². The number of nitrogens with one attached hydrogen (secondary N) is 2. The van der Waals surface area contributed by atoms with Crippen molar-refractivity contribution in [1.82, 2.24) is 30.4 Å². The average molecular weight is 537 g/mol. The van der Waals surface area contributed by atoms with Gasteiger partial charge in [0.1, 0.15) is 5.82 Å². The molecule has 2 aromatic carbocycles. The van der Waals surface area contributed by atoms with Crippen LogP contribution in [0.25, 0.3) is 17.3 Å². The Morgan fingerprint density at radius 3 is 2.42 bits per heavy atom. The van der Waals surface area contributed by atoms with Gasteiger partial charge in [-0.3, -0.25) is 10.2 Å². The fourth-order valence-corrected chi connectivity index (χ4v) is 5.02. The van der Waals surface area contributed by atoms with Crippen LogP contribution in [0.5, 0.6) is 0 Å². The van der Waals surface area contributed by atoms with Gasteiger partial charge in [-0.25, -0.2) is 18.9 Å². The van der Waals surface area contributed by atoms with Crippen LogP contribution in [0.15, 0.2) is 48.5 Å². The molecule has 38 heavy (non-hydrogen) atoms. The molecule has 3 heterocycles. The van der Waals surface area contributed by atoms with Crippen LogP contribution < -0.4 is 10.7 Å². The minimum atomic E-state index is -0.330. The van der Waals surface area contributed by atoms with Gasteiger partial charge in [-0.2, -0.15) is 5.10 Å². The lowest BCUT2D eigenvalue weighted by Crippen LogP contribution is -2.46. The fraction of sp³-hybridized carbons (Fsp3) is 0.321. The SMILES string of the molecule is CCNC(=O)N1C/C(=C\c2ccc(F)cc2)c2c(c(C(=O)NN3CCCCC3)nn2-c2ccc(Cl)cc2)C1. The highest BCUT2D eigenvalue weighted by Crippen LogP contribution is 2.34. The van der Waals surface area contributed by atoms with Crippen LogP contribution in [0.4, 0.5) is 9.18 Å². The number of carbonyl (C=O) groups excluding carboxylic acids is 2. The van der Waals surface area contributed by atoms with Crippen LogP contribution in [0.1, 0.15) is 53.5 Å². The van der Waals surface area contributed by atoms with Crippen LogP contribution in [0, 0.1) is 5.82 Å². The number of benzene rings is 2. The Hall–Kier alpha value is -3.69. The molecule has 2 aliphatic heterocycles. The van der Waals surface area contributed by atoms with Crippen molar-refractivity contribution in [2.24, 2.45) is 0 Å². The number of carbonyl (C=O) groups is 2. The number of rotatable bonds is 5. The topological polar surface area (TPSA) is 82.5 Å². The van der Waals surface area contributed by atoms with Gasteiger partial charge in [0.05, 0.1) is 17.9 Å². The number of aromatic nitrogens is 2. The Morgan fingerprint density at radius 2 is 1.74 bits per heavy atom. The molecule has 2 N–H and O–H groups in total. The number of urea groups is 1. The Labute approximate surface area is 226 Å². The molecular weight excluding hydrogens is 507 g/mol. The highest BCUT2D eigenvalue weighted by Gasteiger charge is 2.34. The lowest BCUT2D eigenvalue weighted by atomic mass is 9.97. The summed E-state index contributed by atoms with van der Waals surface area (Å²) in [6.45, 7) is 4.42. The molecule has 3 amide bonds. The van der Waals surface area contributed by atoms with E-state index < -0.39 is 0 Å². The molecule has 1 saturated heterocycles. The van der Waals surface area contributed by atoms with Gasteiger partial charge in [0.25, 0.3) is 5.91 Å². The third kappa shape index (κ3) is 5.58. The van der Waals surface area contributed by atoms with E-state index in [1.54, 1.807) is 33.8 Å². The molecule has 0 spiro atoms. The lowest BCUT2D eigenvalue weighted by Gasteiger charge is -2.30. The van der Waals surface area contributed by atoms with Gasteiger partial charge in [-0.1, -0.05) is 30.2 Å². The first-order chi connectivity index (χ1) is 18.4. The summed E-state index contributed by atoms with van der Waals surface area (Å²) in [5.41, 5.74) is 6.96. The molecule has 0 bridgehead atoms. The number of nitrogens with zero attached hydrogens (tertiary/aromatic N) is 4. The summed E-state index contributed by atoms with van der Waals surface area (Å²) in [4.78, 5) is 28.2. The maximum absolute atomic E-state index is 13.6. The highest BCUT2D eigenvalue weighted by molar-refractivity contribution is 6.30. The number of fused-ring (bicyclic) bond motifs is 1. The van der Waals surface area contributed by atoms with Crippen molar-refractivity contribution in [3.8, 4) is 5.69 Å². The molecule has 5 rings (SSSR count). The van der Waals surface area contributed by atoms with Gasteiger partial charge in [-0.15, -0.1) is 0 Å². The summed E-state index contributed by atoms with van der Waals surface area (Å²) < 4.78 is 15.3. The van der Waals surface area contributed by atoms with Crippen molar-refractivity contribution in [3.63, 3.8) is 0 Å². The largest absolute Gasteiger partial charge is 0.338 e. The normalized spacial score (nSPS) is 16.8. The van der Waals surface area contributed by atoms with E-state index in [4.69, 9.17) is 16.7 Å². The van der Waals surface area contributed by atoms with Crippen molar-refractivity contribution in [2.75, 3.05) is 26.2 Å². The first kappa shape index (κ1) is 25.9. The fourth-order valence-electron chi connectivity index (χ4n) is 4.89. The number of piperidine rings is 1. The molecule has 2 aliphatic rings. The van der Waals surface area contributed by atoms with E-state index in [9.17, 15) is 14.0 Å². The number of amides is 3. The zero-order valence-corrected chi connectivity index (χ0v) is 22.0. The summed E-state index contributed by atoms with van der Waals surface area (Å²) in [6.07, 6.45) is 5.09. The number of hydrogen-bond donors (Lipinski definition) is 2. The summed E-state index contributed by atoms with van der Waals surface area (Å²) in [5, 5.41) is 10.2. The van der Waals surface area contributed by atoms with E-state index in [1.807, 2.05) is 30.1 Å². The molecule has 0 saturated carbocycles. The Morgan fingerprint density at radius 1 is 1.03 bits per heavy atom. The summed E-state index contributed by atoms with van der Waals surface area (Å²) in [7, 11) is 0. The number of halogens is 2. The van der Waals surface area contributed by atoms with Gasteiger partial charge in [0.15, 0.2) is 5.69 Å². The molecule has 0 radical (unpaired) electrons. The van der Waals surface area contributed by atoms with E-state index in [0.29, 0.717) is 23.7 Å². The monoisotopic (exact) mass is 536 g/mol. The standard InChI is InChI=1S/C28H30ClFN6O2/c1-2-31-28(38)34-17-20(16-19-6-10-22(30)11-7-19)26-24(18-34)25(27(37)33-35-14-4-3-5-15-35)32-36(26)23-12-8-21(29)9-13-23/h6-13,16H,2-5,14-15,17-18H2,1H3,(H,31,38)(H,33,37)/b20-16+. The molecule has 198 valence electrons. The minimum absolute atomic E-state index is 0.221. The predicted octanol–water partition coefficient (Wildman–Crippen LogP) is 4.88. The van der Waals surface area contributed by atoms with Gasteiger partial charge >= 0.3 is 6.03 Å². The smallest absolute Gasteiger partial charge is 0.317 e. The van der Waals surface area contributed by atoms with Crippen LogP contribution >= 0.6 is 11.6 Å². The van der Waals surface area contributed by atoms with E-state index in [0.717, 1.165) is 54.9 Å². The first-order valence-electron chi connectivity index (χ1n) is 12.9. The van der Waals surface area contributed by atoms with Crippen molar-refractivity contribution in [1.29, 1.82) is 0 Å². The van der Waals surface area contributed by atoms with Crippen molar-refractivity contribution in [2.45, 2.75) is 32.7 Å². The molecule has 0 atom stereocenters. The van der Waals surface area contributed by atoms with Crippen molar-refractivity contribution < 1.29 is 14.0 Å². The summed E-state index contributed by atoms with van der Waals surface area (Å²) in [5.74, 6) is -0.641. The molecule has 0 aliphatic carbocycles. The maximum Gasteiger partial charge on any atom is 0.317 e. The second kappa shape index (κ2) is 11.4. The summed E-state index contributed by atoms with van der Waals surface area (Å²) in [6, 6.07) is 13.1. The highest BCUT2D eigenvalue weighted by atomic mass is 35.5. The van der Waals surface area contributed by atoms with E-state index in [1.165, 1.54) is 12.1 Å². The predicted molar refractivity (Wildman–Crippen MR) is 145 cm³/mol. The molecule has 1 fully saturated rings. The van der Waals surface area contributed by atoms with Gasteiger partial charge in [0, 0.05) is 36.8 Å². The average Bonchev–Trinajstić information content (AvgIpc) is 3.31. The van der Waals surface area contributed by atoms with Crippen LogP contribution in [0.3, 0.4) is 0 Å². The third-order valence-corrected chi connectivity index (χ3v) is 6.98. The zero-order valence-electron chi connectivity index (χ0n) is 21.2. The molecule has 10 heteroatoms. The van der Waals surface area contributed by atoms with Gasteiger partial charge < -0.3 is 10.2 Å². The van der Waals surface area contributed by atoms with E-state index in [2.05, 4.69) is 10.7 Å². The maximum atomic E-state index is 13.6. The minimum Gasteiger partial charge on any atom is -0.338 e. The molecule has 0 unspecified atom stereocenters. The van der Waals surface area contributed by atoms with Gasteiger partial charge in [0.2, 0.25) is 0 Å². The van der Waals surface area contributed by atoms with Crippen LogP contribution in [-0.2, 0) is 6.54 Å². The Kier molecular flexibility index (Phi) is 7.76. The summed E-state index contributed by atoms with van der Waals surface area (Å²) >= 11 is 6.15. The van der Waals surface area contributed by atoms with Crippen LogP contribution in [0.2, 0.25) is 5.02 Å². The lowest BCUT2D eigenvalue weighted by molar-refractivity contribution is 0.0742. The number of hydrogen-bond acceptors (Lipinski definition) is 4. The van der Waals surface area contributed by atoms with Crippen molar-refractivity contribution >= 4 is 35.2 Å². The second-order valence-corrected chi connectivity index (χ2v) is 9.90. The molecule has 1 aromatic heterocycles. The van der Waals surface area contributed by atoms with E-state index in [-0.39, 0.29) is 30.0 Å². The number of hydrazine groups is 1. The Balaban J connectivity index is 1.64. The van der Waals surface area contributed by atoms with Crippen LogP contribution in [-0.4, -0.2) is 57.8 Å². The molecular formula is C28H30ClFN6O2. The Bertz CT molecular complexity index is 1350. The quantitative estimate of drug-likeness (QED) is 0.487.